The Kier molecular flexibility index (Phi) is 7.69. The summed E-state index contributed by atoms with van der Waals surface area (Å²) in [6, 6.07) is 25.5. The van der Waals surface area contributed by atoms with Gasteiger partial charge in [-0.25, -0.2) is 0 Å². The highest BCUT2D eigenvalue weighted by Crippen LogP contribution is 2.27. The lowest BCUT2D eigenvalue weighted by molar-refractivity contribution is -0.117. The van der Waals surface area contributed by atoms with E-state index in [-0.39, 0.29) is 11.5 Å². The number of halogens is 2. The molecule has 0 saturated carbocycles. The normalized spacial score (nSPS) is 11.4. The number of nitrogens with zero attached hydrogens (tertiary/aromatic N) is 2. The minimum Gasteiger partial charge on any atom is -0.351 e. The maximum Gasteiger partial charge on any atom is 0.261 e. The van der Waals surface area contributed by atoms with Crippen LogP contribution in [0.4, 0.5) is 0 Å². The zero-order chi connectivity index (χ0) is 23.9. The maximum atomic E-state index is 12.7. The Hall–Kier alpha value is -3.52. The lowest BCUT2D eigenvalue weighted by atomic mass is 10.1. The molecule has 4 nitrogen and oxygen atoms in total. The van der Waals surface area contributed by atoms with Crippen LogP contribution in [0, 0.1) is 11.3 Å². The van der Waals surface area contributed by atoms with Crippen molar-refractivity contribution in [1.82, 2.24) is 9.88 Å². The fourth-order valence-electron chi connectivity index (χ4n) is 3.89. The molecule has 0 spiro atoms. The summed E-state index contributed by atoms with van der Waals surface area (Å²) in [5, 5.41) is 14.7. The Morgan fingerprint density at radius 1 is 1.03 bits per heavy atom. The first-order chi connectivity index (χ1) is 16.5. The number of hydrogen-bond acceptors (Lipinski definition) is 2. The van der Waals surface area contributed by atoms with E-state index in [1.807, 2.05) is 60.8 Å². The van der Waals surface area contributed by atoms with Gasteiger partial charge in [0.2, 0.25) is 0 Å². The number of rotatable bonds is 8. The van der Waals surface area contributed by atoms with Crippen LogP contribution < -0.4 is 5.32 Å². The predicted molar refractivity (Wildman–Crippen MR) is 139 cm³/mol. The van der Waals surface area contributed by atoms with E-state index in [0.29, 0.717) is 23.1 Å². The second-order valence-electron chi connectivity index (χ2n) is 7.98. The largest absolute Gasteiger partial charge is 0.351 e. The van der Waals surface area contributed by atoms with Crippen molar-refractivity contribution in [3.63, 3.8) is 0 Å². The molecule has 0 unspecified atom stereocenters. The van der Waals surface area contributed by atoms with Gasteiger partial charge in [0.25, 0.3) is 5.91 Å². The van der Waals surface area contributed by atoms with E-state index in [9.17, 15) is 10.1 Å². The van der Waals surface area contributed by atoms with Gasteiger partial charge in [0.05, 0.1) is 0 Å². The highest BCUT2D eigenvalue weighted by molar-refractivity contribution is 6.35. The minimum atomic E-state index is -0.367. The Morgan fingerprint density at radius 2 is 1.79 bits per heavy atom. The molecule has 0 radical (unpaired) electrons. The SMILES string of the molecule is N#C/C(=C/c1cn(Cc2ccc(Cl)cc2Cl)c2ccccc12)C(=O)NCCCc1ccccc1. The molecular weight excluding hydrogens is 465 g/mol. The zero-order valence-electron chi connectivity index (χ0n) is 18.5. The highest BCUT2D eigenvalue weighted by Gasteiger charge is 2.13. The molecule has 4 aromatic rings. The number of nitriles is 1. The van der Waals surface area contributed by atoms with Gasteiger partial charge in [-0.2, -0.15) is 5.26 Å². The van der Waals surface area contributed by atoms with E-state index >= 15 is 0 Å². The monoisotopic (exact) mass is 487 g/mol. The molecule has 34 heavy (non-hydrogen) atoms. The van der Waals surface area contributed by atoms with E-state index in [0.717, 1.165) is 34.9 Å². The smallest absolute Gasteiger partial charge is 0.261 e. The Bertz CT molecular complexity index is 1380. The molecule has 0 aliphatic rings. The molecule has 0 aliphatic heterocycles. The predicted octanol–water partition coefficient (Wildman–Crippen LogP) is 6.65. The van der Waals surface area contributed by atoms with Crippen molar-refractivity contribution >= 4 is 46.1 Å². The van der Waals surface area contributed by atoms with Crippen molar-refractivity contribution in [1.29, 1.82) is 5.26 Å². The van der Waals surface area contributed by atoms with Crippen LogP contribution in [0.15, 0.2) is 84.6 Å². The molecule has 1 N–H and O–H groups in total. The average Bonchev–Trinajstić information content (AvgIpc) is 3.19. The molecule has 0 atom stereocenters. The van der Waals surface area contributed by atoms with Crippen molar-refractivity contribution in [3.8, 4) is 6.07 Å². The van der Waals surface area contributed by atoms with Gasteiger partial charge in [-0.3, -0.25) is 4.79 Å². The molecule has 0 saturated heterocycles. The second-order valence-corrected chi connectivity index (χ2v) is 8.82. The van der Waals surface area contributed by atoms with Crippen molar-refractivity contribution in [3.05, 3.63) is 111 Å². The summed E-state index contributed by atoms with van der Waals surface area (Å²) in [5.41, 5.74) is 4.02. The third-order valence-corrected chi connectivity index (χ3v) is 6.20. The highest BCUT2D eigenvalue weighted by atomic mass is 35.5. The van der Waals surface area contributed by atoms with Crippen LogP contribution in [0.1, 0.15) is 23.1 Å². The number of benzene rings is 3. The van der Waals surface area contributed by atoms with E-state index in [2.05, 4.69) is 28.1 Å². The van der Waals surface area contributed by atoms with Gasteiger partial charge in [0.1, 0.15) is 11.6 Å². The number of carbonyl (C=O) groups is 1. The Morgan fingerprint density at radius 3 is 2.56 bits per heavy atom. The Balaban J connectivity index is 1.51. The van der Waals surface area contributed by atoms with E-state index < -0.39 is 0 Å². The third kappa shape index (κ3) is 5.69. The molecule has 3 aromatic carbocycles. The first-order valence-corrected chi connectivity index (χ1v) is 11.8. The minimum absolute atomic E-state index is 0.0761. The van der Waals surface area contributed by atoms with Gasteiger partial charge in [-0.1, -0.05) is 77.8 Å². The molecule has 1 amide bonds. The van der Waals surface area contributed by atoms with Crippen LogP contribution in [-0.4, -0.2) is 17.0 Å². The number of hydrogen-bond donors (Lipinski definition) is 1. The van der Waals surface area contributed by atoms with Gasteiger partial charge >= 0.3 is 0 Å². The molecule has 6 heteroatoms. The summed E-state index contributed by atoms with van der Waals surface area (Å²) < 4.78 is 2.06. The van der Waals surface area contributed by atoms with E-state index in [1.54, 1.807) is 12.1 Å². The van der Waals surface area contributed by atoms with Crippen LogP contribution in [-0.2, 0) is 17.8 Å². The number of nitrogens with one attached hydrogen (secondary N) is 1. The summed E-state index contributed by atoms with van der Waals surface area (Å²) >= 11 is 12.4. The summed E-state index contributed by atoms with van der Waals surface area (Å²) in [6.45, 7) is 1.04. The summed E-state index contributed by atoms with van der Waals surface area (Å²) in [6.07, 6.45) is 5.26. The standard InChI is InChI=1S/C28H23Cl2N3O/c29-24-13-12-21(26(30)16-24)18-33-19-23(25-10-4-5-11-27(25)33)15-22(17-31)28(34)32-14-6-9-20-7-2-1-3-8-20/h1-5,7-8,10-13,15-16,19H,6,9,14,18H2,(H,32,34)/b22-15-. The number of para-hydroxylation sites is 1. The van der Waals surface area contributed by atoms with Crippen LogP contribution in [0.3, 0.4) is 0 Å². The third-order valence-electron chi connectivity index (χ3n) is 5.61. The molecule has 1 aromatic heterocycles. The Labute approximate surface area is 209 Å². The van der Waals surface area contributed by atoms with E-state index in [1.165, 1.54) is 5.56 Å². The molecule has 170 valence electrons. The molecule has 0 bridgehead atoms. The second kappa shape index (κ2) is 11.1. The van der Waals surface area contributed by atoms with Gasteiger partial charge in [0, 0.05) is 45.8 Å². The van der Waals surface area contributed by atoms with Crippen molar-refractivity contribution < 1.29 is 4.79 Å². The van der Waals surface area contributed by atoms with Crippen molar-refractivity contribution in [2.24, 2.45) is 0 Å². The van der Waals surface area contributed by atoms with Gasteiger partial charge in [-0.15, -0.1) is 0 Å². The molecule has 1 heterocycles. The van der Waals surface area contributed by atoms with Crippen molar-refractivity contribution in [2.45, 2.75) is 19.4 Å². The van der Waals surface area contributed by atoms with Crippen LogP contribution in [0.2, 0.25) is 10.0 Å². The fraction of sp³-hybridized carbons (Fsp3) is 0.143. The lowest BCUT2D eigenvalue weighted by Gasteiger charge is -2.08. The quantitative estimate of drug-likeness (QED) is 0.171. The molecular formula is C28H23Cl2N3O. The first-order valence-electron chi connectivity index (χ1n) is 11.0. The van der Waals surface area contributed by atoms with E-state index in [4.69, 9.17) is 23.2 Å². The topological polar surface area (TPSA) is 57.8 Å². The first kappa shape index (κ1) is 23.6. The summed E-state index contributed by atoms with van der Waals surface area (Å²) in [4.78, 5) is 12.7. The van der Waals surface area contributed by atoms with Gasteiger partial charge < -0.3 is 9.88 Å². The van der Waals surface area contributed by atoms with Gasteiger partial charge in [0.15, 0.2) is 0 Å². The number of aryl methyl sites for hydroxylation is 1. The van der Waals surface area contributed by atoms with Crippen LogP contribution >= 0.6 is 23.2 Å². The fourth-order valence-corrected chi connectivity index (χ4v) is 4.36. The van der Waals surface area contributed by atoms with Crippen LogP contribution in [0.5, 0.6) is 0 Å². The number of aromatic nitrogens is 1. The number of carbonyl (C=O) groups excluding carboxylic acids is 1. The zero-order valence-corrected chi connectivity index (χ0v) is 20.0. The average molecular weight is 488 g/mol. The number of amides is 1. The van der Waals surface area contributed by atoms with Gasteiger partial charge in [-0.05, 0) is 48.2 Å². The number of fused-ring (bicyclic) bond motifs is 1. The van der Waals surface area contributed by atoms with Crippen LogP contribution in [0.25, 0.3) is 17.0 Å². The maximum absolute atomic E-state index is 12.7. The molecule has 4 rings (SSSR count). The molecule has 0 fully saturated rings. The van der Waals surface area contributed by atoms with Crippen molar-refractivity contribution in [2.75, 3.05) is 6.54 Å². The lowest BCUT2D eigenvalue weighted by Crippen LogP contribution is -2.25. The summed E-state index contributed by atoms with van der Waals surface area (Å²) in [5.74, 6) is -0.367. The summed E-state index contributed by atoms with van der Waals surface area (Å²) in [7, 11) is 0. The molecule has 0 aliphatic carbocycles.